The highest BCUT2D eigenvalue weighted by molar-refractivity contribution is 7.89. The molecule has 0 atom stereocenters. The van der Waals surface area contributed by atoms with Gasteiger partial charge in [0.1, 0.15) is 5.82 Å². The summed E-state index contributed by atoms with van der Waals surface area (Å²) in [5.41, 5.74) is 3.18. The summed E-state index contributed by atoms with van der Waals surface area (Å²) in [5.74, 6) is 0.650. The molecule has 0 spiro atoms. The first-order chi connectivity index (χ1) is 13.0. The maximum Gasteiger partial charge on any atom is 0.240 e. The van der Waals surface area contributed by atoms with Crippen LogP contribution >= 0.6 is 0 Å². The number of benzene rings is 1. The summed E-state index contributed by atoms with van der Waals surface area (Å²) in [4.78, 5) is 18.1. The molecule has 0 unspecified atom stereocenters. The third-order valence-corrected chi connectivity index (χ3v) is 6.66. The number of aryl methyl sites for hydroxylation is 2. The third kappa shape index (κ3) is 3.89. The van der Waals surface area contributed by atoms with Gasteiger partial charge in [-0.25, -0.2) is 18.1 Å². The van der Waals surface area contributed by atoms with Gasteiger partial charge in [-0.15, -0.1) is 0 Å². The lowest BCUT2D eigenvalue weighted by Gasteiger charge is -2.17. The number of sulfonamides is 1. The van der Waals surface area contributed by atoms with Crippen LogP contribution in [0.5, 0.6) is 0 Å². The standard InChI is InChI=1S/C20H23N3O3S/c24-20-6-3-11-23(20)19-12-15(9-10-21-19)14-22-27(25,26)18-8-7-16-4-1-2-5-17(16)13-18/h7-10,12-13,22H,1-6,11,14H2. The van der Waals surface area contributed by atoms with Crippen molar-refractivity contribution in [3.05, 3.63) is 53.2 Å². The Morgan fingerprint density at radius 2 is 1.81 bits per heavy atom. The van der Waals surface area contributed by atoms with Crippen LogP contribution in [0, 0.1) is 0 Å². The zero-order chi connectivity index (χ0) is 18.9. The second-order valence-corrected chi connectivity index (χ2v) is 8.90. The predicted molar refractivity (Wildman–Crippen MR) is 103 cm³/mol. The van der Waals surface area contributed by atoms with E-state index in [1.165, 1.54) is 12.0 Å². The minimum atomic E-state index is -3.59. The summed E-state index contributed by atoms with van der Waals surface area (Å²) in [7, 11) is -3.59. The van der Waals surface area contributed by atoms with Crippen molar-refractivity contribution in [1.29, 1.82) is 0 Å². The number of carbonyl (C=O) groups excluding carboxylic acids is 1. The lowest BCUT2D eigenvalue weighted by molar-refractivity contribution is -0.117. The fraction of sp³-hybridized carbons (Fsp3) is 0.400. The number of amides is 1. The van der Waals surface area contributed by atoms with Crippen molar-refractivity contribution in [2.45, 2.75) is 50.0 Å². The second-order valence-electron chi connectivity index (χ2n) is 7.13. The first kappa shape index (κ1) is 18.1. The number of hydrogen-bond donors (Lipinski definition) is 1. The Hall–Kier alpha value is -2.25. The number of carbonyl (C=O) groups is 1. The van der Waals surface area contributed by atoms with Crippen LogP contribution < -0.4 is 9.62 Å². The van der Waals surface area contributed by atoms with Gasteiger partial charge in [-0.3, -0.25) is 9.69 Å². The molecular formula is C20H23N3O3S. The summed E-state index contributed by atoms with van der Waals surface area (Å²) in [6.07, 6.45) is 7.23. The predicted octanol–water partition coefficient (Wildman–Crippen LogP) is 2.57. The van der Waals surface area contributed by atoms with Crippen molar-refractivity contribution < 1.29 is 13.2 Å². The van der Waals surface area contributed by atoms with Gasteiger partial charge in [-0.2, -0.15) is 0 Å². The van der Waals surface area contributed by atoms with Crippen LogP contribution in [0.15, 0.2) is 41.4 Å². The maximum absolute atomic E-state index is 12.7. The summed E-state index contributed by atoms with van der Waals surface area (Å²) < 4.78 is 28.1. The topological polar surface area (TPSA) is 79.4 Å². The fourth-order valence-electron chi connectivity index (χ4n) is 3.75. The van der Waals surface area contributed by atoms with E-state index in [0.29, 0.717) is 23.7 Å². The lowest BCUT2D eigenvalue weighted by atomic mass is 9.92. The van der Waals surface area contributed by atoms with Gasteiger partial charge in [0.25, 0.3) is 0 Å². The number of aromatic nitrogens is 1. The lowest BCUT2D eigenvalue weighted by Crippen LogP contribution is -2.26. The highest BCUT2D eigenvalue weighted by Gasteiger charge is 2.23. The molecule has 1 saturated heterocycles. The molecule has 1 N–H and O–H groups in total. The van der Waals surface area contributed by atoms with Crippen molar-refractivity contribution >= 4 is 21.7 Å². The van der Waals surface area contributed by atoms with Crippen LogP contribution in [0.4, 0.5) is 5.82 Å². The largest absolute Gasteiger partial charge is 0.297 e. The van der Waals surface area contributed by atoms with Gasteiger partial charge in [0.2, 0.25) is 15.9 Å². The van der Waals surface area contributed by atoms with Crippen molar-refractivity contribution in [3.8, 4) is 0 Å². The minimum Gasteiger partial charge on any atom is -0.297 e. The number of pyridine rings is 1. The summed E-state index contributed by atoms with van der Waals surface area (Å²) in [5, 5.41) is 0. The molecule has 4 rings (SSSR count). The Labute approximate surface area is 159 Å². The smallest absolute Gasteiger partial charge is 0.240 e. The van der Waals surface area contributed by atoms with Crippen LogP contribution in [-0.2, 0) is 34.2 Å². The molecule has 1 aliphatic carbocycles. The number of hydrogen-bond acceptors (Lipinski definition) is 4. The Kier molecular flexibility index (Phi) is 4.97. The molecule has 0 radical (unpaired) electrons. The van der Waals surface area contributed by atoms with Gasteiger partial charge in [0, 0.05) is 25.7 Å². The first-order valence-electron chi connectivity index (χ1n) is 9.40. The van der Waals surface area contributed by atoms with Gasteiger partial charge < -0.3 is 0 Å². The molecule has 2 aliphatic rings. The van der Waals surface area contributed by atoms with Crippen LogP contribution in [0.25, 0.3) is 0 Å². The van der Waals surface area contributed by atoms with Gasteiger partial charge in [-0.1, -0.05) is 6.07 Å². The maximum atomic E-state index is 12.7. The molecule has 2 heterocycles. The third-order valence-electron chi connectivity index (χ3n) is 5.26. The molecule has 27 heavy (non-hydrogen) atoms. The van der Waals surface area contributed by atoms with Gasteiger partial charge in [0.15, 0.2) is 0 Å². The Bertz CT molecular complexity index is 972. The Morgan fingerprint density at radius 3 is 2.59 bits per heavy atom. The summed E-state index contributed by atoms with van der Waals surface area (Å²) >= 11 is 0. The average Bonchev–Trinajstić information content (AvgIpc) is 3.12. The molecule has 1 fully saturated rings. The van der Waals surface area contributed by atoms with E-state index in [-0.39, 0.29) is 12.5 Å². The van der Waals surface area contributed by atoms with E-state index >= 15 is 0 Å². The van der Waals surface area contributed by atoms with Gasteiger partial charge in [0.05, 0.1) is 4.90 Å². The highest BCUT2D eigenvalue weighted by atomic mass is 32.2. The van der Waals surface area contributed by atoms with Crippen LogP contribution in [-0.4, -0.2) is 25.9 Å². The van der Waals surface area contributed by atoms with Crippen molar-refractivity contribution in [2.24, 2.45) is 0 Å². The van der Waals surface area contributed by atoms with E-state index in [1.807, 2.05) is 6.07 Å². The van der Waals surface area contributed by atoms with Gasteiger partial charge >= 0.3 is 0 Å². The van der Waals surface area contributed by atoms with E-state index in [1.54, 1.807) is 35.4 Å². The normalized spacial score (nSPS) is 17.2. The number of nitrogens with zero attached hydrogens (tertiary/aromatic N) is 2. The highest BCUT2D eigenvalue weighted by Crippen LogP contribution is 2.24. The minimum absolute atomic E-state index is 0.0642. The molecule has 142 valence electrons. The molecule has 0 bridgehead atoms. The summed E-state index contributed by atoms with van der Waals surface area (Å²) in [6, 6.07) is 8.97. The van der Waals surface area contributed by atoms with E-state index < -0.39 is 10.0 Å². The summed E-state index contributed by atoms with van der Waals surface area (Å²) in [6.45, 7) is 0.826. The van der Waals surface area contributed by atoms with E-state index in [0.717, 1.165) is 36.8 Å². The molecule has 1 aromatic carbocycles. The Morgan fingerprint density at radius 1 is 1.00 bits per heavy atom. The van der Waals surface area contributed by atoms with Gasteiger partial charge in [-0.05, 0) is 73.1 Å². The molecule has 6 nitrogen and oxygen atoms in total. The quantitative estimate of drug-likeness (QED) is 0.858. The zero-order valence-electron chi connectivity index (χ0n) is 15.1. The van der Waals surface area contributed by atoms with E-state index in [2.05, 4.69) is 9.71 Å². The molecule has 1 aromatic heterocycles. The van der Waals surface area contributed by atoms with Crippen LogP contribution in [0.2, 0.25) is 0 Å². The number of anilines is 1. The van der Waals surface area contributed by atoms with E-state index in [9.17, 15) is 13.2 Å². The number of rotatable bonds is 5. The zero-order valence-corrected chi connectivity index (χ0v) is 16.0. The average molecular weight is 385 g/mol. The molecule has 2 aromatic rings. The van der Waals surface area contributed by atoms with Crippen molar-refractivity contribution in [1.82, 2.24) is 9.71 Å². The molecule has 1 amide bonds. The molecule has 7 heteroatoms. The first-order valence-corrected chi connectivity index (χ1v) is 10.9. The van der Waals surface area contributed by atoms with Crippen molar-refractivity contribution in [2.75, 3.05) is 11.4 Å². The molecular weight excluding hydrogens is 362 g/mol. The van der Waals surface area contributed by atoms with Crippen molar-refractivity contribution in [3.63, 3.8) is 0 Å². The Balaban J connectivity index is 1.48. The van der Waals surface area contributed by atoms with Crippen LogP contribution in [0.1, 0.15) is 42.4 Å². The SMILES string of the molecule is O=C1CCCN1c1cc(CNS(=O)(=O)c2ccc3c(c2)CCCC3)ccn1. The molecule has 1 aliphatic heterocycles. The van der Waals surface area contributed by atoms with E-state index in [4.69, 9.17) is 0 Å². The van der Waals surface area contributed by atoms with Crippen LogP contribution in [0.3, 0.4) is 0 Å². The second kappa shape index (κ2) is 7.40. The number of fused-ring (bicyclic) bond motifs is 1. The monoisotopic (exact) mass is 385 g/mol. The fourth-order valence-corrected chi connectivity index (χ4v) is 4.82. The molecule has 0 saturated carbocycles. The number of nitrogens with one attached hydrogen (secondary N) is 1.